The minimum absolute atomic E-state index is 0.328. The van der Waals surface area contributed by atoms with Gasteiger partial charge < -0.3 is 4.74 Å². The topological polar surface area (TPSA) is 77.3 Å². The van der Waals surface area contributed by atoms with E-state index in [-0.39, 0.29) is 11.5 Å². The summed E-state index contributed by atoms with van der Waals surface area (Å²) in [6, 6.07) is 8.88. The highest BCUT2D eigenvalue weighted by molar-refractivity contribution is 7.99. The van der Waals surface area contributed by atoms with Crippen molar-refractivity contribution in [2.75, 3.05) is 11.5 Å². The molecule has 1 atom stereocenters. The molecule has 5 rings (SSSR count). The molecule has 1 amide bonds. The molecule has 0 aliphatic carbocycles. The number of hydrogen-bond acceptors (Lipinski definition) is 6. The Kier molecular flexibility index (Phi) is 4.84. The van der Waals surface area contributed by atoms with Gasteiger partial charge in [-0.1, -0.05) is 11.8 Å². The second-order valence-corrected chi connectivity index (χ2v) is 8.00. The fourth-order valence-corrected chi connectivity index (χ4v) is 4.63. The number of amides is 1. The molecule has 9 heteroatoms. The van der Waals surface area contributed by atoms with E-state index in [1.165, 1.54) is 40.0 Å². The number of carbonyl (C=O) groups excluding carboxylic acids is 1. The lowest BCUT2D eigenvalue weighted by molar-refractivity contribution is -0.0429. The Labute approximate surface area is 175 Å². The number of carbonyl (C=O) groups is 1. The molecule has 152 valence electrons. The molecule has 4 heterocycles. The Morgan fingerprint density at radius 3 is 2.73 bits per heavy atom. The summed E-state index contributed by atoms with van der Waals surface area (Å²) in [5, 5.41) is 4.76. The highest BCUT2D eigenvalue weighted by Gasteiger charge is 2.33. The molecule has 2 aromatic heterocycles. The first-order chi connectivity index (χ1) is 14.6. The van der Waals surface area contributed by atoms with Crippen LogP contribution in [0.15, 0.2) is 63.5 Å². The molecule has 3 aromatic rings. The lowest BCUT2D eigenvalue weighted by atomic mass is 10.2. The SMILES string of the molecule is O=C1c2cccnc2Sc2c(cnn(C3CCCCO3)c2=O)N1c1ccc(F)cc1. The number of halogens is 1. The summed E-state index contributed by atoms with van der Waals surface area (Å²) in [5.74, 6) is -0.774. The minimum Gasteiger partial charge on any atom is -0.356 e. The van der Waals surface area contributed by atoms with Gasteiger partial charge in [-0.3, -0.25) is 14.5 Å². The summed E-state index contributed by atoms with van der Waals surface area (Å²) >= 11 is 1.14. The fraction of sp³-hybridized carbons (Fsp3) is 0.238. The third-order valence-electron chi connectivity index (χ3n) is 5.10. The van der Waals surface area contributed by atoms with Crippen molar-refractivity contribution in [3.63, 3.8) is 0 Å². The van der Waals surface area contributed by atoms with Crippen LogP contribution in [0.4, 0.5) is 15.8 Å². The molecule has 0 N–H and O–H groups in total. The van der Waals surface area contributed by atoms with Crippen molar-refractivity contribution < 1.29 is 13.9 Å². The summed E-state index contributed by atoms with van der Waals surface area (Å²) in [6.45, 7) is 0.577. The van der Waals surface area contributed by atoms with Gasteiger partial charge in [-0.25, -0.2) is 9.37 Å². The maximum atomic E-state index is 13.5. The summed E-state index contributed by atoms with van der Waals surface area (Å²) < 4.78 is 20.6. The lowest BCUT2D eigenvalue weighted by Crippen LogP contribution is -2.34. The highest BCUT2D eigenvalue weighted by Crippen LogP contribution is 2.41. The van der Waals surface area contributed by atoms with Gasteiger partial charge in [0.2, 0.25) is 0 Å². The molecule has 0 spiro atoms. The highest BCUT2D eigenvalue weighted by atomic mass is 32.2. The smallest absolute Gasteiger partial charge is 0.285 e. The summed E-state index contributed by atoms with van der Waals surface area (Å²) in [7, 11) is 0. The number of anilines is 2. The van der Waals surface area contributed by atoms with Crippen LogP contribution in [0.25, 0.3) is 0 Å². The molecule has 1 aromatic carbocycles. The number of ether oxygens (including phenoxy) is 1. The predicted octanol–water partition coefficient (Wildman–Crippen LogP) is 3.92. The molecule has 1 saturated heterocycles. The predicted molar refractivity (Wildman–Crippen MR) is 109 cm³/mol. The molecule has 1 fully saturated rings. The van der Waals surface area contributed by atoms with Crippen LogP contribution in [0.5, 0.6) is 0 Å². The average Bonchev–Trinajstić information content (AvgIpc) is 2.90. The largest absolute Gasteiger partial charge is 0.356 e. The maximum Gasteiger partial charge on any atom is 0.285 e. The van der Waals surface area contributed by atoms with E-state index in [2.05, 4.69) is 10.1 Å². The van der Waals surface area contributed by atoms with Gasteiger partial charge in [-0.2, -0.15) is 9.78 Å². The molecule has 1 unspecified atom stereocenters. The van der Waals surface area contributed by atoms with E-state index < -0.39 is 12.0 Å². The van der Waals surface area contributed by atoms with Gasteiger partial charge in [0.15, 0.2) is 6.23 Å². The van der Waals surface area contributed by atoms with Gasteiger partial charge in [0, 0.05) is 18.5 Å². The van der Waals surface area contributed by atoms with Crippen LogP contribution in [0, 0.1) is 5.82 Å². The van der Waals surface area contributed by atoms with Crippen LogP contribution >= 0.6 is 11.8 Å². The number of hydrogen-bond donors (Lipinski definition) is 0. The zero-order valence-corrected chi connectivity index (χ0v) is 16.6. The van der Waals surface area contributed by atoms with E-state index >= 15 is 0 Å². The van der Waals surface area contributed by atoms with Gasteiger partial charge in [-0.05, 0) is 55.7 Å². The molecule has 0 saturated carbocycles. The van der Waals surface area contributed by atoms with Crippen molar-refractivity contribution in [3.8, 4) is 0 Å². The molecule has 2 aliphatic rings. The second kappa shape index (κ2) is 7.66. The van der Waals surface area contributed by atoms with E-state index in [1.807, 2.05) is 0 Å². The van der Waals surface area contributed by atoms with Crippen LogP contribution in [0.2, 0.25) is 0 Å². The lowest BCUT2D eigenvalue weighted by Gasteiger charge is -2.26. The Hall–Kier alpha value is -3.04. The third kappa shape index (κ3) is 3.20. The van der Waals surface area contributed by atoms with Crippen molar-refractivity contribution in [1.82, 2.24) is 14.8 Å². The molecule has 30 heavy (non-hydrogen) atoms. The summed E-state index contributed by atoms with van der Waals surface area (Å²) in [4.78, 5) is 32.8. The number of aromatic nitrogens is 3. The Bertz CT molecular complexity index is 1180. The first kappa shape index (κ1) is 19.0. The van der Waals surface area contributed by atoms with Gasteiger partial charge in [-0.15, -0.1) is 0 Å². The average molecular weight is 424 g/mol. The van der Waals surface area contributed by atoms with Crippen LogP contribution in [-0.2, 0) is 4.74 Å². The number of nitrogens with zero attached hydrogens (tertiary/aromatic N) is 4. The Morgan fingerprint density at radius 1 is 1.13 bits per heavy atom. The van der Waals surface area contributed by atoms with Crippen molar-refractivity contribution in [2.45, 2.75) is 35.4 Å². The number of benzene rings is 1. The van der Waals surface area contributed by atoms with E-state index in [1.54, 1.807) is 18.3 Å². The minimum atomic E-state index is -0.432. The van der Waals surface area contributed by atoms with E-state index in [9.17, 15) is 14.0 Å². The molecule has 0 bridgehead atoms. The normalized spacial score (nSPS) is 18.5. The molecule has 0 radical (unpaired) electrons. The zero-order chi connectivity index (χ0) is 20.7. The fourth-order valence-electron chi connectivity index (χ4n) is 3.63. The molecule has 7 nitrogen and oxygen atoms in total. The van der Waals surface area contributed by atoms with Crippen LogP contribution in [0.3, 0.4) is 0 Å². The van der Waals surface area contributed by atoms with Crippen LogP contribution in [0.1, 0.15) is 35.8 Å². The standard InChI is InChI=1S/C21H17FN4O3S/c22-13-6-8-14(9-7-13)25-16-12-24-26(17-5-1-2-11-29-17)21(28)18(16)30-19-15(20(25)27)4-3-10-23-19/h3-4,6-10,12,17H,1-2,5,11H2. The first-order valence-corrected chi connectivity index (χ1v) is 10.4. The van der Waals surface area contributed by atoms with Gasteiger partial charge >= 0.3 is 0 Å². The maximum absolute atomic E-state index is 13.5. The number of rotatable bonds is 2. The van der Waals surface area contributed by atoms with Gasteiger partial charge in [0.1, 0.15) is 15.7 Å². The zero-order valence-electron chi connectivity index (χ0n) is 15.8. The summed E-state index contributed by atoms with van der Waals surface area (Å²) in [5.41, 5.74) is 0.796. The summed E-state index contributed by atoms with van der Waals surface area (Å²) in [6.07, 6.45) is 5.25. The van der Waals surface area contributed by atoms with Gasteiger partial charge in [0.05, 0.1) is 17.4 Å². The van der Waals surface area contributed by atoms with Crippen molar-refractivity contribution >= 4 is 29.0 Å². The number of pyridine rings is 1. The van der Waals surface area contributed by atoms with E-state index in [0.29, 0.717) is 39.9 Å². The van der Waals surface area contributed by atoms with Gasteiger partial charge in [0.25, 0.3) is 11.5 Å². The Morgan fingerprint density at radius 2 is 1.97 bits per heavy atom. The quantitative estimate of drug-likeness (QED) is 0.621. The molecular weight excluding hydrogens is 407 g/mol. The molecular formula is C21H17FN4O3S. The van der Waals surface area contributed by atoms with Crippen molar-refractivity contribution in [2.24, 2.45) is 0 Å². The van der Waals surface area contributed by atoms with Crippen molar-refractivity contribution in [1.29, 1.82) is 0 Å². The van der Waals surface area contributed by atoms with Crippen LogP contribution in [-0.4, -0.2) is 27.3 Å². The van der Waals surface area contributed by atoms with Crippen LogP contribution < -0.4 is 10.5 Å². The molecule has 2 aliphatic heterocycles. The third-order valence-corrected chi connectivity index (χ3v) is 6.20. The van der Waals surface area contributed by atoms with E-state index in [0.717, 1.165) is 24.6 Å². The monoisotopic (exact) mass is 424 g/mol. The number of fused-ring (bicyclic) bond motifs is 2. The second-order valence-electron chi connectivity index (χ2n) is 7.01. The Balaban J connectivity index is 1.71. The van der Waals surface area contributed by atoms with Crippen molar-refractivity contribution in [3.05, 3.63) is 70.5 Å². The first-order valence-electron chi connectivity index (χ1n) is 9.60. The van der Waals surface area contributed by atoms with E-state index in [4.69, 9.17) is 4.74 Å².